The summed E-state index contributed by atoms with van der Waals surface area (Å²) in [5.74, 6) is 0.400. The van der Waals surface area contributed by atoms with E-state index in [0.717, 1.165) is 45.1 Å². The van der Waals surface area contributed by atoms with Crippen molar-refractivity contribution in [2.45, 2.75) is 148 Å². The van der Waals surface area contributed by atoms with E-state index >= 15 is 0 Å². The Balaban J connectivity index is 1.77. The third-order valence-corrected chi connectivity index (χ3v) is 7.06. The molecular formula is C32H56N2O3. The zero-order valence-corrected chi connectivity index (χ0v) is 23.8. The van der Waals surface area contributed by atoms with Crippen LogP contribution in [0.5, 0.6) is 5.75 Å². The minimum atomic E-state index is 0.0109. The van der Waals surface area contributed by atoms with Gasteiger partial charge in [-0.2, -0.15) is 0 Å². The van der Waals surface area contributed by atoms with Gasteiger partial charge in [0.25, 0.3) is 0 Å². The largest absolute Gasteiger partial charge is 0.508 e. The molecule has 0 atom stereocenters. The Morgan fingerprint density at radius 1 is 0.568 bits per heavy atom. The molecule has 3 N–H and O–H groups in total. The first-order chi connectivity index (χ1) is 18.1. The second-order valence-electron chi connectivity index (χ2n) is 10.7. The Hall–Kier alpha value is -2.04. The number of hydrogen-bond donors (Lipinski definition) is 3. The topological polar surface area (TPSA) is 78.4 Å². The Morgan fingerprint density at radius 2 is 0.973 bits per heavy atom. The number of unbranched alkanes of at least 4 members (excludes halogenated alkanes) is 18. The van der Waals surface area contributed by atoms with Crippen LogP contribution in [0.25, 0.3) is 0 Å². The van der Waals surface area contributed by atoms with Crippen molar-refractivity contribution in [3.63, 3.8) is 0 Å². The number of aromatic hydroxyl groups is 1. The van der Waals surface area contributed by atoms with Crippen LogP contribution in [0, 0.1) is 0 Å². The summed E-state index contributed by atoms with van der Waals surface area (Å²) in [6.45, 7) is 3.04. The van der Waals surface area contributed by atoms with E-state index in [1.54, 1.807) is 24.3 Å². The molecule has 0 heterocycles. The minimum absolute atomic E-state index is 0.0109. The first-order valence-corrected chi connectivity index (χ1v) is 15.5. The Morgan fingerprint density at radius 3 is 1.46 bits per heavy atom. The lowest BCUT2D eigenvalue weighted by Crippen LogP contribution is -2.23. The molecule has 0 fully saturated rings. The molecule has 212 valence electrons. The quantitative estimate of drug-likeness (QED) is 0.0895. The van der Waals surface area contributed by atoms with Gasteiger partial charge in [0.05, 0.1) is 0 Å². The monoisotopic (exact) mass is 516 g/mol. The van der Waals surface area contributed by atoms with E-state index in [-0.39, 0.29) is 17.6 Å². The predicted molar refractivity (Wildman–Crippen MR) is 157 cm³/mol. The second kappa shape index (κ2) is 24.3. The van der Waals surface area contributed by atoms with Crippen molar-refractivity contribution < 1.29 is 14.7 Å². The van der Waals surface area contributed by atoms with Gasteiger partial charge in [-0.15, -0.1) is 0 Å². The Kier molecular flexibility index (Phi) is 21.7. The highest BCUT2D eigenvalue weighted by Gasteiger charge is 2.03. The number of amides is 2. The maximum absolute atomic E-state index is 12.0. The molecule has 37 heavy (non-hydrogen) atoms. The van der Waals surface area contributed by atoms with Crippen molar-refractivity contribution in [3.8, 4) is 5.75 Å². The van der Waals surface area contributed by atoms with Gasteiger partial charge < -0.3 is 15.7 Å². The van der Waals surface area contributed by atoms with Crippen LogP contribution in [-0.2, 0) is 9.59 Å². The molecule has 1 aromatic carbocycles. The van der Waals surface area contributed by atoms with Crippen LogP contribution in [0.4, 0.5) is 5.69 Å². The predicted octanol–water partition coefficient (Wildman–Crippen LogP) is 9.05. The fourth-order valence-corrected chi connectivity index (χ4v) is 4.68. The highest BCUT2D eigenvalue weighted by atomic mass is 16.3. The first-order valence-electron chi connectivity index (χ1n) is 15.5. The van der Waals surface area contributed by atoms with Gasteiger partial charge in [0, 0.05) is 25.1 Å². The Bertz CT molecular complexity index is 675. The maximum Gasteiger partial charge on any atom is 0.224 e. The number of carbonyl (C=O) groups excluding carboxylic acids is 2. The summed E-state index contributed by atoms with van der Waals surface area (Å²) in [6, 6.07) is 6.52. The van der Waals surface area contributed by atoms with E-state index < -0.39 is 0 Å². The first kappa shape index (κ1) is 33.0. The minimum Gasteiger partial charge on any atom is -0.508 e. The molecule has 1 rings (SSSR count). The average Bonchev–Trinajstić information content (AvgIpc) is 2.89. The molecule has 0 saturated carbocycles. The van der Waals surface area contributed by atoms with Crippen molar-refractivity contribution in [3.05, 3.63) is 24.3 Å². The molecule has 0 aliphatic rings. The highest BCUT2D eigenvalue weighted by Crippen LogP contribution is 2.15. The van der Waals surface area contributed by atoms with Crippen LogP contribution in [0.15, 0.2) is 24.3 Å². The summed E-state index contributed by atoms with van der Waals surface area (Å²) in [7, 11) is 0. The van der Waals surface area contributed by atoms with Crippen molar-refractivity contribution in [1.82, 2.24) is 5.32 Å². The van der Waals surface area contributed by atoms with Crippen molar-refractivity contribution in [2.24, 2.45) is 0 Å². The third-order valence-electron chi connectivity index (χ3n) is 7.06. The summed E-state index contributed by atoms with van der Waals surface area (Å²) in [4.78, 5) is 23.9. The van der Waals surface area contributed by atoms with E-state index in [9.17, 15) is 14.7 Å². The zero-order chi connectivity index (χ0) is 26.8. The van der Waals surface area contributed by atoms with Gasteiger partial charge in [-0.3, -0.25) is 9.59 Å². The summed E-state index contributed by atoms with van der Waals surface area (Å²) < 4.78 is 0. The molecular weight excluding hydrogens is 460 g/mol. The van der Waals surface area contributed by atoms with Crippen molar-refractivity contribution in [2.75, 3.05) is 11.9 Å². The van der Waals surface area contributed by atoms with Crippen LogP contribution in [0.2, 0.25) is 0 Å². The van der Waals surface area contributed by atoms with Gasteiger partial charge in [0.2, 0.25) is 11.8 Å². The number of phenolic OH excluding ortho intramolecular Hbond substituents is 1. The van der Waals surface area contributed by atoms with E-state index in [0.29, 0.717) is 18.5 Å². The van der Waals surface area contributed by atoms with E-state index in [1.807, 2.05) is 0 Å². The molecule has 0 unspecified atom stereocenters. The van der Waals surface area contributed by atoms with Gasteiger partial charge in [-0.1, -0.05) is 116 Å². The van der Waals surface area contributed by atoms with Gasteiger partial charge in [0.1, 0.15) is 5.75 Å². The number of hydrogen-bond acceptors (Lipinski definition) is 3. The number of benzene rings is 1. The number of nitrogens with one attached hydrogen (secondary N) is 2. The van der Waals surface area contributed by atoms with Gasteiger partial charge in [-0.05, 0) is 43.5 Å². The number of anilines is 1. The standard InChI is InChI=1S/C32H56N2O3/c1-2-3-4-5-6-7-8-9-10-11-12-13-14-16-19-22-31(36)33-28-21-18-15-17-20-23-32(37)34-29-24-26-30(35)27-25-29/h24-27,35H,2-23,28H2,1H3,(H,33,36)(H,34,37). The molecule has 0 aromatic heterocycles. The van der Waals surface area contributed by atoms with Crippen LogP contribution in [-0.4, -0.2) is 23.5 Å². The van der Waals surface area contributed by atoms with Crippen LogP contribution < -0.4 is 10.6 Å². The van der Waals surface area contributed by atoms with E-state index in [2.05, 4.69) is 17.6 Å². The van der Waals surface area contributed by atoms with Crippen LogP contribution in [0.1, 0.15) is 148 Å². The maximum atomic E-state index is 12.0. The molecule has 1 aromatic rings. The molecule has 0 aliphatic heterocycles. The van der Waals surface area contributed by atoms with Gasteiger partial charge in [0.15, 0.2) is 0 Å². The Labute approximate surface area is 227 Å². The molecule has 2 amide bonds. The lowest BCUT2D eigenvalue weighted by atomic mass is 10.0. The van der Waals surface area contributed by atoms with Gasteiger partial charge in [-0.25, -0.2) is 0 Å². The molecule has 0 saturated heterocycles. The number of rotatable bonds is 25. The molecule has 5 heteroatoms. The lowest BCUT2D eigenvalue weighted by Gasteiger charge is -2.07. The summed E-state index contributed by atoms with van der Waals surface area (Å²) in [6.07, 6.45) is 26.4. The third kappa shape index (κ3) is 21.7. The second-order valence-corrected chi connectivity index (χ2v) is 10.7. The molecule has 0 bridgehead atoms. The van der Waals surface area contributed by atoms with Gasteiger partial charge >= 0.3 is 0 Å². The number of phenols is 1. The molecule has 5 nitrogen and oxygen atoms in total. The fraction of sp³-hybridized carbons (Fsp3) is 0.750. The SMILES string of the molecule is CCCCCCCCCCCCCCCCCC(=O)NCCCCCCCC(=O)Nc1ccc(O)cc1. The summed E-state index contributed by atoms with van der Waals surface area (Å²) in [5, 5.41) is 15.2. The fourth-order valence-electron chi connectivity index (χ4n) is 4.68. The van der Waals surface area contributed by atoms with E-state index in [4.69, 9.17) is 0 Å². The summed E-state index contributed by atoms with van der Waals surface area (Å²) in [5.41, 5.74) is 0.711. The van der Waals surface area contributed by atoms with Crippen LogP contribution >= 0.6 is 0 Å². The number of carbonyl (C=O) groups is 2. The molecule has 0 aliphatic carbocycles. The highest BCUT2D eigenvalue weighted by molar-refractivity contribution is 5.90. The van der Waals surface area contributed by atoms with Crippen molar-refractivity contribution >= 4 is 17.5 Å². The summed E-state index contributed by atoms with van der Waals surface area (Å²) >= 11 is 0. The molecule has 0 spiro atoms. The normalized spacial score (nSPS) is 10.9. The average molecular weight is 517 g/mol. The lowest BCUT2D eigenvalue weighted by molar-refractivity contribution is -0.121. The van der Waals surface area contributed by atoms with Crippen molar-refractivity contribution in [1.29, 1.82) is 0 Å². The van der Waals surface area contributed by atoms with E-state index in [1.165, 1.54) is 89.9 Å². The zero-order valence-electron chi connectivity index (χ0n) is 23.8. The molecule has 0 radical (unpaired) electrons. The van der Waals surface area contributed by atoms with Crippen LogP contribution in [0.3, 0.4) is 0 Å². The smallest absolute Gasteiger partial charge is 0.224 e.